The largest absolute Gasteiger partial charge is 0.507 e. The molecule has 1 heterocycles. The third-order valence-electron chi connectivity index (χ3n) is 7.63. The van der Waals surface area contributed by atoms with E-state index in [1.54, 1.807) is 18.2 Å². The zero-order chi connectivity index (χ0) is 28.3. The molecule has 0 aliphatic carbocycles. The number of rotatable bonds is 11. The molecule has 1 aliphatic heterocycles. The fourth-order valence-corrected chi connectivity index (χ4v) is 6.22. The van der Waals surface area contributed by atoms with Gasteiger partial charge in [-0.1, -0.05) is 71.6 Å². The Morgan fingerprint density at radius 2 is 1.21 bits per heavy atom. The number of phenolic OH excluding ortho intramolecular Hbond substituents is 2. The maximum atomic E-state index is 13.6. The molecule has 6 heteroatoms. The Balaban J connectivity index is 2.30. The molecule has 0 bridgehead atoms. The summed E-state index contributed by atoms with van der Waals surface area (Å²) in [6.07, 6.45) is 5.89. The lowest BCUT2D eigenvalue weighted by atomic mass is 9.71. The zero-order valence-electron chi connectivity index (χ0n) is 23.3. The molecule has 0 fully saturated rings. The Morgan fingerprint density at radius 1 is 0.718 bits per heavy atom. The standard InChI is InChI=1S/C33H38O6/c1-5-10-20-16-18-26(34)29(22(20)12-7-3)33(28-24(31(36)37)14-9-15-25(28)32(38)39-33)30-23(13-8-4)21(11-6-2)17-19-27(30)35/h9,14-19,34-35H,5-8,10-13H2,1-4H3,(H,36,37). The van der Waals surface area contributed by atoms with Crippen LogP contribution in [0.3, 0.4) is 0 Å². The number of phenols is 2. The van der Waals surface area contributed by atoms with Crippen molar-refractivity contribution in [2.75, 3.05) is 0 Å². The first-order chi connectivity index (χ1) is 18.8. The van der Waals surface area contributed by atoms with Gasteiger partial charge in [0.2, 0.25) is 0 Å². The van der Waals surface area contributed by atoms with Crippen LogP contribution in [-0.4, -0.2) is 27.3 Å². The van der Waals surface area contributed by atoms with Crippen LogP contribution in [0, 0.1) is 0 Å². The van der Waals surface area contributed by atoms with Gasteiger partial charge in [0, 0.05) is 5.56 Å². The highest BCUT2D eigenvalue weighted by atomic mass is 16.6. The molecule has 0 unspecified atom stereocenters. The number of ether oxygens (including phenoxy) is 1. The van der Waals surface area contributed by atoms with Crippen molar-refractivity contribution in [3.05, 3.63) is 92.5 Å². The summed E-state index contributed by atoms with van der Waals surface area (Å²) in [6.45, 7) is 8.22. The molecule has 1 aliphatic rings. The average Bonchev–Trinajstić information content (AvgIpc) is 3.20. The molecule has 0 spiro atoms. The lowest BCUT2D eigenvalue weighted by Crippen LogP contribution is -2.34. The third kappa shape index (κ3) is 4.66. The van der Waals surface area contributed by atoms with Gasteiger partial charge in [-0.2, -0.15) is 0 Å². The third-order valence-corrected chi connectivity index (χ3v) is 7.63. The van der Waals surface area contributed by atoms with Crippen LogP contribution in [0.5, 0.6) is 11.5 Å². The second-order valence-electron chi connectivity index (χ2n) is 10.3. The Bertz CT molecular complexity index is 1340. The molecule has 0 saturated heterocycles. The number of benzene rings is 3. The molecular weight excluding hydrogens is 492 g/mol. The molecule has 4 rings (SSSR count). The van der Waals surface area contributed by atoms with E-state index in [4.69, 9.17) is 4.74 Å². The summed E-state index contributed by atoms with van der Waals surface area (Å²) in [5.74, 6) is -2.08. The van der Waals surface area contributed by atoms with Gasteiger partial charge in [-0.15, -0.1) is 0 Å². The molecule has 0 aromatic heterocycles. The van der Waals surface area contributed by atoms with E-state index in [0.717, 1.165) is 60.8 Å². The van der Waals surface area contributed by atoms with Crippen LogP contribution in [0.15, 0.2) is 42.5 Å². The highest BCUT2D eigenvalue weighted by Crippen LogP contribution is 2.56. The number of aryl methyl sites for hydroxylation is 2. The summed E-state index contributed by atoms with van der Waals surface area (Å²) in [6, 6.07) is 11.5. The van der Waals surface area contributed by atoms with Crippen LogP contribution in [0.4, 0.5) is 0 Å². The molecule has 3 aromatic carbocycles. The Morgan fingerprint density at radius 3 is 1.64 bits per heavy atom. The monoisotopic (exact) mass is 530 g/mol. The van der Waals surface area contributed by atoms with E-state index < -0.39 is 17.5 Å². The fourth-order valence-electron chi connectivity index (χ4n) is 6.22. The lowest BCUT2D eigenvalue weighted by molar-refractivity contribution is 0.0228. The van der Waals surface area contributed by atoms with Crippen molar-refractivity contribution in [3.63, 3.8) is 0 Å². The van der Waals surface area contributed by atoms with Crippen molar-refractivity contribution >= 4 is 11.9 Å². The van der Waals surface area contributed by atoms with E-state index in [-0.39, 0.29) is 28.2 Å². The van der Waals surface area contributed by atoms with Gasteiger partial charge in [0.15, 0.2) is 5.60 Å². The number of carboxylic acids is 1. The minimum absolute atomic E-state index is 0.0937. The van der Waals surface area contributed by atoms with E-state index in [0.29, 0.717) is 24.0 Å². The van der Waals surface area contributed by atoms with Gasteiger partial charge in [-0.3, -0.25) is 0 Å². The molecule has 3 N–H and O–H groups in total. The normalized spacial score (nSPS) is 13.8. The minimum atomic E-state index is -1.84. The van der Waals surface area contributed by atoms with E-state index in [2.05, 4.69) is 13.8 Å². The van der Waals surface area contributed by atoms with Crippen molar-refractivity contribution in [3.8, 4) is 11.5 Å². The maximum Gasteiger partial charge on any atom is 0.340 e. The number of aromatic hydroxyl groups is 2. The number of hydrogen-bond acceptors (Lipinski definition) is 5. The van der Waals surface area contributed by atoms with Crippen molar-refractivity contribution in [1.82, 2.24) is 0 Å². The van der Waals surface area contributed by atoms with E-state index in [1.165, 1.54) is 12.1 Å². The van der Waals surface area contributed by atoms with Gasteiger partial charge in [0.25, 0.3) is 0 Å². The number of carbonyl (C=O) groups excluding carboxylic acids is 1. The molecule has 206 valence electrons. The summed E-state index contributed by atoms with van der Waals surface area (Å²) in [4.78, 5) is 26.3. The second-order valence-corrected chi connectivity index (χ2v) is 10.3. The fraction of sp³-hybridized carbons (Fsp3) is 0.394. The zero-order valence-corrected chi connectivity index (χ0v) is 23.3. The number of hydrogen-bond donors (Lipinski definition) is 3. The average molecular weight is 531 g/mol. The number of carbonyl (C=O) groups is 2. The van der Waals surface area contributed by atoms with Crippen LogP contribution < -0.4 is 0 Å². The van der Waals surface area contributed by atoms with Crippen molar-refractivity contribution in [1.29, 1.82) is 0 Å². The van der Waals surface area contributed by atoms with E-state index in [9.17, 15) is 24.9 Å². The minimum Gasteiger partial charge on any atom is -0.507 e. The van der Waals surface area contributed by atoms with Crippen molar-refractivity contribution < 1.29 is 29.6 Å². The summed E-state index contributed by atoms with van der Waals surface area (Å²) in [7, 11) is 0. The number of cyclic esters (lactones) is 1. The van der Waals surface area contributed by atoms with Gasteiger partial charge < -0.3 is 20.1 Å². The maximum absolute atomic E-state index is 13.6. The topological polar surface area (TPSA) is 104 Å². The highest BCUT2D eigenvalue weighted by molar-refractivity contribution is 6.02. The number of fused-ring (bicyclic) bond motifs is 1. The second kappa shape index (κ2) is 11.5. The summed E-state index contributed by atoms with van der Waals surface area (Å²) in [5.41, 5.74) is 2.70. The number of carboxylic acid groups (broad SMARTS) is 1. The molecule has 0 atom stereocenters. The number of aromatic carboxylic acids is 1. The van der Waals surface area contributed by atoms with E-state index >= 15 is 0 Å². The lowest BCUT2D eigenvalue weighted by Gasteiger charge is -2.36. The van der Waals surface area contributed by atoms with Gasteiger partial charge in [0.1, 0.15) is 11.5 Å². The van der Waals surface area contributed by atoms with Crippen LogP contribution in [0.1, 0.15) is 113 Å². The first-order valence-corrected chi connectivity index (χ1v) is 14.0. The van der Waals surface area contributed by atoms with E-state index in [1.807, 2.05) is 26.0 Å². The first kappa shape index (κ1) is 28.2. The smallest absolute Gasteiger partial charge is 0.340 e. The highest BCUT2D eigenvalue weighted by Gasteiger charge is 2.55. The predicted molar refractivity (Wildman–Crippen MR) is 151 cm³/mol. The SMILES string of the molecule is CCCc1ccc(O)c(C2(c3c(O)ccc(CCC)c3CCC)OC(=O)c3cccc(C(=O)O)c32)c1CCC. The first-order valence-electron chi connectivity index (χ1n) is 14.0. The van der Waals surface area contributed by atoms with Gasteiger partial charge in [-0.05, 0) is 72.2 Å². The Kier molecular flexibility index (Phi) is 8.34. The molecule has 6 nitrogen and oxygen atoms in total. The molecular formula is C33H38O6. The van der Waals surface area contributed by atoms with Crippen LogP contribution in [0.2, 0.25) is 0 Å². The van der Waals surface area contributed by atoms with Crippen molar-refractivity contribution in [2.24, 2.45) is 0 Å². The predicted octanol–water partition coefficient (Wildman–Crippen LogP) is 7.07. The summed E-state index contributed by atoms with van der Waals surface area (Å²) < 4.78 is 6.36. The molecule has 0 amide bonds. The summed E-state index contributed by atoms with van der Waals surface area (Å²) >= 11 is 0. The quantitative estimate of drug-likeness (QED) is 0.229. The molecule has 3 aromatic rings. The van der Waals surface area contributed by atoms with Crippen LogP contribution in [0.25, 0.3) is 0 Å². The van der Waals surface area contributed by atoms with Gasteiger partial charge in [-0.25, -0.2) is 9.59 Å². The molecule has 0 radical (unpaired) electrons. The van der Waals surface area contributed by atoms with Gasteiger partial charge >= 0.3 is 11.9 Å². The van der Waals surface area contributed by atoms with Crippen LogP contribution >= 0.6 is 0 Å². The van der Waals surface area contributed by atoms with Crippen molar-refractivity contribution in [2.45, 2.75) is 84.7 Å². The van der Waals surface area contributed by atoms with Gasteiger partial charge in [0.05, 0.1) is 22.3 Å². The molecule has 0 saturated carbocycles. The summed E-state index contributed by atoms with van der Waals surface area (Å²) in [5, 5.41) is 33.5. The molecule has 39 heavy (non-hydrogen) atoms. The Hall–Kier alpha value is -3.80. The number of esters is 1. The van der Waals surface area contributed by atoms with Crippen LogP contribution in [-0.2, 0) is 36.0 Å². The Labute approximate surface area is 230 Å².